The number of carbonyl (C=O) groups excluding carboxylic acids is 2. The summed E-state index contributed by atoms with van der Waals surface area (Å²) < 4.78 is 5.66. The summed E-state index contributed by atoms with van der Waals surface area (Å²) in [4.78, 5) is 24.6. The third kappa shape index (κ3) is 6.03. The Morgan fingerprint density at radius 1 is 1.10 bits per heavy atom. The molecule has 0 heterocycles. The quantitative estimate of drug-likeness (QED) is 0.424. The SMILES string of the molecule is CCCCOc1cccc(C(=O)NC(=S)Nc2cccc(NC(=O)C3CC3)c2C)c1. The number of thiocarbonyl (C=S) groups is 1. The monoisotopic (exact) mass is 425 g/mol. The van der Waals surface area contributed by atoms with Crippen LogP contribution in [0.25, 0.3) is 0 Å². The zero-order valence-electron chi connectivity index (χ0n) is 17.3. The van der Waals surface area contributed by atoms with Crippen LogP contribution < -0.4 is 20.7 Å². The first-order valence-corrected chi connectivity index (χ1v) is 10.6. The number of anilines is 2. The molecular weight excluding hydrogens is 398 g/mol. The van der Waals surface area contributed by atoms with Crippen LogP contribution in [0.5, 0.6) is 5.75 Å². The molecule has 2 amide bonds. The van der Waals surface area contributed by atoms with E-state index in [0.717, 1.165) is 42.6 Å². The average Bonchev–Trinajstić information content (AvgIpc) is 3.57. The van der Waals surface area contributed by atoms with Crippen molar-refractivity contribution in [2.75, 3.05) is 17.2 Å². The van der Waals surface area contributed by atoms with Crippen molar-refractivity contribution >= 4 is 40.5 Å². The van der Waals surface area contributed by atoms with E-state index < -0.39 is 0 Å². The molecule has 3 rings (SSSR count). The van der Waals surface area contributed by atoms with Crippen molar-refractivity contribution in [3.8, 4) is 5.75 Å². The molecule has 1 saturated carbocycles. The van der Waals surface area contributed by atoms with Gasteiger partial charge in [-0.15, -0.1) is 0 Å². The van der Waals surface area contributed by atoms with Crippen LogP contribution in [0.4, 0.5) is 11.4 Å². The lowest BCUT2D eigenvalue weighted by Gasteiger charge is -2.15. The summed E-state index contributed by atoms with van der Waals surface area (Å²) in [5.74, 6) is 0.518. The Morgan fingerprint density at radius 2 is 1.80 bits per heavy atom. The Morgan fingerprint density at radius 3 is 2.50 bits per heavy atom. The van der Waals surface area contributed by atoms with Crippen molar-refractivity contribution in [3.05, 3.63) is 53.6 Å². The third-order valence-electron chi connectivity index (χ3n) is 4.88. The molecule has 2 aromatic rings. The molecule has 0 spiro atoms. The smallest absolute Gasteiger partial charge is 0.257 e. The molecule has 3 N–H and O–H groups in total. The second-order valence-electron chi connectivity index (χ2n) is 7.38. The normalized spacial score (nSPS) is 12.7. The lowest BCUT2D eigenvalue weighted by Crippen LogP contribution is -2.34. The summed E-state index contributed by atoms with van der Waals surface area (Å²) in [6.45, 7) is 4.61. The predicted molar refractivity (Wildman–Crippen MR) is 123 cm³/mol. The highest BCUT2D eigenvalue weighted by atomic mass is 32.1. The van der Waals surface area contributed by atoms with Crippen molar-refractivity contribution in [1.29, 1.82) is 0 Å². The van der Waals surface area contributed by atoms with Crippen molar-refractivity contribution in [1.82, 2.24) is 5.32 Å². The minimum absolute atomic E-state index is 0.0483. The van der Waals surface area contributed by atoms with Crippen molar-refractivity contribution in [2.45, 2.75) is 39.5 Å². The number of hydrogen-bond donors (Lipinski definition) is 3. The summed E-state index contributed by atoms with van der Waals surface area (Å²) in [6.07, 6.45) is 3.91. The average molecular weight is 426 g/mol. The van der Waals surface area contributed by atoms with E-state index in [2.05, 4.69) is 22.9 Å². The number of nitrogens with one attached hydrogen (secondary N) is 3. The van der Waals surface area contributed by atoms with Gasteiger partial charge in [-0.1, -0.05) is 25.5 Å². The molecule has 0 bridgehead atoms. The number of unbranched alkanes of at least 4 members (excludes halogenated alkanes) is 1. The van der Waals surface area contributed by atoms with Crippen LogP contribution >= 0.6 is 12.2 Å². The maximum absolute atomic E-state index is 12.6. The molecule has 7 heteroatoms. The Bertz CT molecular complexity index is 941. The van der Waals surface area contributed by atoms with E-state index in [0.29, 0.717) is 17.9 Å². The van der Waals surface area contributed by atoms with Gasteiger partial charge in [-0.25, -0.2) is 0 Å². The summed E-state index contributed by atoms with van der Waals surface area (Å²) in [7, 11) is 0. The molecule has 158 valence electrons. The first-order chi connectivity index (χ1) is 14.5. The standard InChI is InChI=1S/C23H27N3O3S/c1-3-4-13-29-18-8-5-7-17(14-18)22(28)26-23(30)25-20-10-6-9-19(15(20)2)24-21(27)16-11-12-16/h5-10,14,16H,3-4,11-13H2,1-2H3,(H,24,27)(H2,25,26,28,30). The number of hydrogen-bond acceptors (Lipinski definition) is 4. The molecule has 1 aliphatic rings. The van der Waals surface area contributed by atoms with Gasteiger partial charge >= 0.3 is 0 Å². The van der Waals surface area contributed by atoms with Gasteiger partial charge in [0, 0.05) is 22.9 Å². The van der Waals surface area contributed by atoms with E-state index in [-0.39, 0.29) is 22.8 Å². The van der Waals surface area contributed by atoms with Crippen LogP contribution in [0.3, 0.4) is 0 Å². The highest BCUT2D eigenvalue weighted by Crippen LogP contribution is 2.31. The van der Waals surface area contributed by atoms with Crippen LogP contribution in [-0.4, -0.2) is 23.5 Å². The lowest BCUT2D eigenvalue weighted by atomic mass is 10.1. The van der Waals surface area contributed by atoms with Gasteiger partial charge in [0.2, 0.25) is 5.91 Å². The highest BCUT2D eigenvalue weighted by molar-refractivity contribution is 7.80. The fourth-order valence-electron chi connectivity index (χ4n) is 2.88. The molecule has 0 aromatic heterocycles. The first kappa shape index (κ1) is 21.8. The van der Waals surface area contributed by atoms with Crippen LogP contribution in [0.15, 0.2) is 42.5 Å². The number of carbonyl (C=O) groups is 2. The highest BCUT2D eigenvalue weighted by Gasteiger charge is 2.29. The summed E-state index contributed by atoms with van der Waals surface area (Å²) >= 11 is 5.31. The Kier molecular flexibility index (Phi) is 7.41. The summed E-state index contributed by atoms with van der Waals surface area (Å²) in [5, 5.41) is 8.88. The number of benzene rings is 2. The molecule has 1 aliphatic carbocycles. The van der Waals surface area contributed by atoms with Crippen molar-refractivity contribution < 1.29 is 14.3 Å². The van der Waals surface area contributed by atoms with Gasteiger partial charge in [0.05, 0.1) is 6.61 Å². The largest absolute Gasteiger partial charge is 0.494 e. The molecule has 6 nitrogen and oxygen atoms in total. The molecule has 2 aromatic carbocycles. The van der Waals surface area contributed by atoms with E-state index >= 15 is 0 Å². The van der Waals surface area contributed by atoms with Crippen molar-refractivity contribution in [3.63, 3.8) is 0 Å². The molecule has 30 heavy (non-hydrogen) atoms. The fourth-order valence-corrected chi connectivity index (χ4v) is 3.08. The molecular formula is C23H27N3O3S. The van der Waals surface area contributed by atoms with Gasteiger partial charge in [0.15, 0.2) is 5.11 Å². The maximum atomic E-state index is 12.6. The topological polar surface area (TPSA) is 79.5 Å². The van der Waals surface area contributed by atoms with Gasteiger partial charge in [-0.3, -0.25) is 14.9 Å². The fraction of sp³-hybridized carbons (Fsp3) is 0.348. The van der Waals surface area contributed by atoms with Gasteiger partial charge < -0.3 is 15.4 Å². The number of rotatable bonds is 8. The third-order valence-corrected chi connectivity index (χ3v) is 5.08. The number of amides is 2. The Labute approximate surface area is 182 Å². The minimum atomic E-state index is -0.315. The van der Waals surface area contributed by atoms with E-state index in [4.69, 9.17) is 17.0 Å². The van der Waals surface area contributed by atoms with Crippen LogP contribution in [0, 0.1) is 12.8 Å². The van der Waals surface area contributed by atoms with E-state index in [1.54, 1.807) is 18.2 Å². The van der Waals surface area contributed by atoms with Gasteiger partial charge in [-0.05, 0) is 74.3 Å². The van der Waals surface area contributed by atoms with Gasteiger partial charge in [-0.2, -0.15) is 0 Å². The van der Waals surface area contributed by atoms with E-state index in [1.165, 1.54) is 0 Å². The number of ether oxygens (including phenoxy) is 1. The molecule has 1 fully saturated rings. The minimum Gasteiger partial charge on any atom is -0.494 e. The van der Waals surface area contributed by atoms with Crippen LogP contribution in [0.1, 0.15) is 48.5 Å². The van der Waals surface area contributed by atoms with E-state index in [1.807, 2.05) is 31.2 Å². The van der Waals surface area contributed by atoms with Crippen LogP contribution in [-0.2, 0) is 4.79 Å². The zero-order chi connectivity index (χ0) is 21.5. The molecule has 0 saturated heterocycles. The molecule has 0 radical (unpaired) electrons. The lowest BCUT2D eigenvalue weighted by molar-refractivity contribution is -0.117. The van der Waals surface area contributed by atoms with E-state index in [9.17, 15) is 9.59 Å². The molecule has 0 aliphatic heterocycles. The Balaban J connectivity index is 1.59. The summed E-state index contributed by atoms with van der Waals surface area (Å²) in [5.41, 5.74) is 2.79. The predicted octanol–water partition coefficient (Wildman–Crippen LogP) is 4.65. The van der Waals surface area contributed by atoms with Crippen molar-refractivity contribution in [2.24, 2.45) is 5.92 Å². The molecule has 0 atom stereocenters. The first-order valence-electron chi connectivity index (χ1n) is 10.2. The second kappa shape index (κ2) is 10.2. The Hall–Kier alpha value is -2.93. The zero-order valence-corrected chi connectivity index (χ0v) is 18.1. The van der Waals surface area contributed by atoms with Gasteiger partial charge in [0.1, 0.15) is 5.75 Å². The molecule has 0 unspecified atom stereocenters. The van der Waals surface area contributed by atoms with Gasteiger partial charge in [0.25, 0.3) is 5.91 Å². The van der Waals surface area contributed by atoms with Crippen LogP contribution in [0.2, 0.25) is 0 Å². The second-order valence-corrected chi connectivity index (χ2v) is 7.79. The summed E-state index contributed by atoms with van der Waals surface area (Å²) in [6, 6.07) is 12.6. The maximum Gasteiger partial charge on any atom is 0.257 e.